The lowest BCUT2D eigenvalue weighted by Gasteiger charge is -2.37. The molecule has 6 heteroatoms. The van der Waals surface area contributed by atoms with E-state index < -0.39 is 10.8 Å². The molecule has 0 fully saturated rings. The first-order valence-electron chi connectivity index (χ1n) is 25.9. The second-order valence-electron chi connectivity index (χ2n) is 19.2. The standard InChI is InChI=1S/C72H52N2O4/c75-67(53-24-20-26-55(49-53)69(77)73-65-44-40-63(41-45-65)71(57-28-7-1-8-29-57,58-30-9-2-10-31-58)59-32-11-3-12-33-59)51-22-19-23-52(48-51)68(76)54-25-21-27-56(50-54)70(78)74-66-46-42-64(43-47-66)72(60-34-13-4-14-35-60,61-36-15-5-16-37-61)62-38-17-6-18-39-62/h1-50H,(H,73,77)(H,74,78). The van der Waals surface area contributed by atoms with E-state index in [0.29, 0.717) is 33.6 Å². The van der Waals surface area contributed by atoms with Gasteiger partial charge in [-0.05, 0) is 99.1 Å². The highest BCUT2D eigenvalue weighted by atomic mass is 16.2. The summed E-state index contributed by atoms with van der Waals surface area (Å²) in [4.78, 5) is 55.9. The van der Waals surface area contributed by atoms with Crippen LogP contribution < -0.4 is 10.6 Å². The van der Waals surface area contributed by atoms with Crippen LogP contribution in [-0.4, -0.2) is 23.4 Å². The van der Waals surface area contributed by atoms with E-state index in [2.05, 4.69) is 180 Å². The number of hydrogen-bond acceptors (Lipinski definition) is 4. The Labute approximate surface area is 454 Å². The molecule has 0 radical (unpaired) electrons. The summed E-state index contributed by atoms with van der Waals surface area (Å²) in [5, 5.41) is 6.06. The lowest BCUT2D eigenvalue weighted by molar-refractivity contribution is 0.101. The summed E-state index contributed by atoms with van der Waals surface area (Å²) in [5.41, 5.74) is 10.4. The molecule has 0 unspecified atom stereocenters. The molecule has 11 aromatic rings. The van der Waals surface area contributed by atoms with Gasteiger partial charge in [0, 0.05) is 44.8 Å². The minimum absolute atomic E-state index is 0.279. The first-order valence-corrected chi connectivity index (χ1v) is 25.9. The summed E-state index contributed by atoms with van der Waals surface area (Å²) in [5.74, 6) is -1.45. The molecule has 0 heterocycles. The predicted molar refractivity (Wildman–Crippen MR) is 312 cm³/mol. The first kappa shape index (κ1) is 49.9. The average molecular weight is 1010 g/mol. The smallest absolute Gasteiger partial charge is 0.255 e. The molecule has 2 amide bonds. The molecule has 0 aliphatic rings. The van der Waals surface area contributed by atoms with Crippen molar-refractivity contribution in [3.05, 3.63) is 381 Å². The minimum atomic E-state index is -0.635. The van der Waals surface area contributed by atoms with Crippen molar-refractivity contribution in [1.29, 1.82) is 0 Å². The van der Waals surface area contributed by atoms with Crippen LogP contribution in [0.25, 0.3) is 0 Å². The van der Waals surface area contributed by atoms with Crippen LogP contribution >= 0.6 is 0 Å². The fourth-order valence-electron chi connectivity index (χ4n) is 10.9. The largest absolute Gasteiger partial charge is 0.322 e. The van der Waals surface area contributed by atoms with Gasteiger partial charge in [0.25, 0.3) is 11.8 Å². The Hall–Kier alpha value is -10.3. The highest BCUT2D eigenvalue weighted by Gasteiger charge is 2.39. The second kappa shape index (κ2) is 22.3. The third-order valence-electron chi connectivity index (χ3n) is 14.6. The van der Waals surface area contributed by atoms with Crippen molar-refractivity contribution in [3.8, 4) is 0 Å². The van der Waals surface area contributed by atoms with Gasteiger partial charge in [-0.2, -0.15) is 0 Å². The molecule has 2 N–H and O–H groups in total. The van der Waals surface area contributed by atoms with Gasteiger partial charge in [0.05, 0.1) is 10.8 Å². The number of ketones is 2. The van der Waals surface area contributed by atoms with Crippen LogP contribution in [0.2, 0.25) is 0 Å². The van der Waals surface area contributed by atoms with E-state index in [1.54, 1.807) is 72.8 Å². The second-order valence-corrected chi connectivity index (χ2v) is 19.2. The van der Waals surface area contributed by atoms with Crippen molar-refractivity contribution < 1.29 is 19.2 Å². The highest BCUT2D eigenvalue weighted by molar-refractivity contribution is 6.15. The number of rotatable bonds is 16. The zero-order valence-electron chi connectivity index (χ0n) is 42.5. The Morgan fingerprint density at radius 2 is 0.423 bits per heavy atom. The summed E-state index contributed by atoms with van der Waals surface area (Å²) in [7, 11) is 0. The molecule has 0 saturated heterocycles. The third kappa shape index (κ3) is 9.78. The Kier molecular flexibility index (Phi) is 14.2. The molecule has 0 bridgehead atoms. The summed E-state index contributed by atoms with van der Waals surface area (Å²) < 4.78 is 0. The first-order chi connectivity index (χ1) is 38.3. The number of amides is 2. The summed E-state index contributed by atoms with van der Waals surface area (Å²) in [6, 6.07) is 98.0. The Balaban J connectivity index is 0.788. The van der Waals surface area contributed by atoms with Gasteiger partial charge in [0.1, 0.15) is 0 Å². The van der Waals surface area contributed by atoms with E-state index in [4.69, 9.17) is 0 Å². The van der Waals surface area contributed by atoms with Crippen LogP contribution in [-0.2, 0) is 10.8 Å². The van der Waals surface area contributed by atoms with E-state index in [1.165, 1.54) is 0 Å². The van der Waals surface area contributed by atoms with Crippen molar-refractivity contribution in [3.63, 3.8) is 0 Å². The van der Waals surface area contributed by atoms with Gasteiger partial charge in [-0.15, -0.1) is 0 Å². The normalized spacial score (nSPS) is 11.3. The van der Waals surface area contributed by atoms with Gasteiger partial charge in [-0.1, -0.05) is 249 Å². The maximum atomic E-state index is 14.1. The molecule has 11 rings (SSSR count). The van der Waals surface area contributed by atoms with Crippen molar-refractivity contribution in [1.82, 2.24) is 0 Å². The fraction of sp³-hybridized carbons (Fsp3) is 0.0278. The van der Waals surface area contributed by atoms with Crippen molar-refractivity contribution in [2.75, 3.05) is 10.6 Å². The summed E-state index contributed by atoms with van der Waals surface area (Å²) >= 11 is 0. The Morgan fingerprint density at radius 3 is 0.667 bits per heavy atom. The molecule has 0 atom stereocenters. The van der Waals surface area contributed by atoms with Gasteiger partial charge < -0.3 is 10.6 Å². The lowest BCUT2D eigenvalue weighted by atomic mass is 9.65. The molecule has 374 valence electrons. The van der Waals surface area contributed by atoms with Crippen LogP contribution in [0.5, 0.6) is 0 Å². The molecule has 0 saturated carbocycles. The molecule has 0 aromatic heterocycles. The van der Waals surface area contributed by atoms with Crippen molar-refractivity contribution >= 4 is 34.8 Å². The van der Waals surface area contributed by atoms with Crippen LogP contribution in [0.15, 0.2) is 303 Å². The van der Waals surface area contributed by atoms with Crippen molar-refractivity contribution in [2.24, 2.45) is 0 Å². The van der Waals surface area contributed by atoms with E-state index in [0.717, 1.165) is 44.5 Å². The van der Waals surface area contributed by atoms with E-state index in [9.17, 15) is 19.2 Å². The zero-order chi connectivity index (χ0) is 53.3. The maximum absolute atomic E-state index is 14.1. The summed E-state index contributed by atoms with van der Waals surface area (Å²) in [6.07, 6.45) is 0. The van der Waals surface area contributed by atoms with Crippen LogP contribution in [0.1, 0.15) is 97.1 Å². The number of carbonyl (C=O) groups excluding carboxylic acids is 4. The monoisotopic (exact) mass is 1010 g/mol. The molecular formula is C72H52N2O4. The SMILES string of the molecule is O=C(Nc1ccc(C(c2ccccc2)(c2ccccc2)c2ccccc2)cc1)c1cccc(C(=O)c2cccc(C(=O)c3cccc(C(=O)Nc4ccc(C(c5ccccc5)(c5ccccc5)c5ccccc5)cc4)c3)c2)c1. The van der Waals surface area contributed by atoms with Crippen molar-refractivity contribution in [2.45, 2.75) is 10.8 Å². The van der Waals surface area contributed by atoms with Gasteiger partial charge >= 0.3 is 0 Å². The highest BCUT2D eigenvalue weighted by Crippen LogP contribution is 2.47. The molecule has 11 aromatic carbocycles. The minimum Gasteiger partial charge on any atom is -0.322 e. The van der Waals surface area contributed by atoms with E-state index in [-0.39, 0.29) is 34.5 Å². The lowest BCUT2D eigenvalue weighted by Crippen LogP contribution is -2.31. The summed E-state index contributed by atoms with van der Waals surface area (Å²) in [6.45, 7) is 0. The van der Waals surface area contributed by atoms with Gasteiger partial charge in [0.2, 0.25) is 0 Å². The van der Waals surface area contributed by atoms with Crippen LogP contribution in [0.3, 0.4) is 0 Å². The number of hydrogen-bond donors (Lipinski definition) is 2. The molecule has 0 aliphatic carbocycles. The number of nitrogens with one attached hydrogen (secondary N) is 2. The van der Waals surface area contributed by atoms with Gasteiger partial charge in [-0.25, -0.2) is 0 Å². The number of benzene rings is 11. The number of anilines is 2. The molecule has 0 spiro atoms. The topological polar surface area (TPSA) is 92.3 Å². The van der Waals surface area contributed by atoms with Gasteiger partial charge in [-0.3, -0.25) is 19.2 Å². The maximum Gasteiger partial charge on any atom is 0.255 e. The van der Waals surface area contributed by atoms with Crippen LogP contribution in [0, 0.1) is 0 Å². The average Bonchev–Trinajstić information content (AvgIpc) is 3.61. The van der Waals surface area contributed by atoms with E-state index in [1.807, 2.05) is 60.7 Å². The molecule has 0 aliphatic heterocycles. The van der Waals surface area contributed by atoms with E-state index >= 15 is 0 Å². The van der Waals surface area contributed by atoms with Crippen LogP contribution in [0.4, 0.5) is 11.4 Å². The number of carbonyl (C=O) groups is 4. The third-order valence-corrected chi connectivity index (χ3v) is 14.6. The molecule has 6 nitrogen and oxygen atoms in total. The quantitative estimate of drug-likeness (QED) is 0.0745. The Bertz CT molecular complexity index is 3440. The molecule has 78 heavy (non-hydrogen) atoms. The van der Waals surface area contributed by atoms with Gasteiger partial charge in [0.15, 0.2) is 11.6 Å². The predicted octanol–water partition coefficient (Wildman–Crippen LogP) is 15.4. The Morgan fingerprint density at radius 1 is 0.218 bits per heavy atom. The molecular weight excluding hydrogens is 957 g/mol. The zero-order valence-corrected chi connectivity index (χ0v) is 42.5. The fourth-order valence-corrected chi connectivity index (χ4v) is 10.9.